The van der Waals surface area contributed by atoms with Crippen molar-refractivity contribution < 1.29 is 22.4 Å². The molecule has 0 N–H and O–H groups in total. The van der Waals surface area contributed by atoms with Crippen LogP contribution in [0.4, 0.5) is 23.4 Å². The van der Waals surface area contributed by atoms with Crippen LogP contribution < -0.4 is 4.90 Å². The van der Waals surface area contributed by atoms with E-state index in [4.69, 9.17) is 0 Å². The number of amides is 1. The highest BCUT2D eigenvalue weighted by molar-refractivity contribution is 5.95. The molecule has 0 radical (unpaired) electrons. The van der Waals surface area contributed by atoms with Gasteiger partial charge in [0.25, 0.3) is 5.91 Å². The molecule has 0 aliphatic carbocycles. The van der Waals surface area contributed by atoms with Crippen molar-refractivity contribution in [1.82, 2.24) is 14.9 Å². The maximum absolute atomic E-state index is 13.6. The summed E-state index contributed by atoms with van der Waals surface area (Å²) in [4.78, 5) is 24.5. The van der Waals surface area contributed by atoms with Crippen LogP contribution in [-0.4, -0.2) is 47.0 Å². The summed E-state index contributed by atoms with van der Waals surface area (Å²) in [7, 11) is 0. The van der Waals surface area contributed by atoms with Gasteiger partial charge in [-0.2, -0.15) is 13.2 Å². The molecule has 0 spiro atoms. The van der Waals surface area contributed by atoms with E-state index in [-0.39, 0.29) is 5.56 Å². The molecule has 1 aliphatic heterocycles. The van der Waals surface area contributed by atoms with E-state index < -0.39 is 23.5 Å². The summed E-state index contributed by atoms with van der Waals surface area (Å²) in [5.74, 6) is -0.276. The number of rotatable bonds is 2. The monoisotopic (exact) mass is 404 g/mol. The number of hydrogen-bond acceptors (Lipinski definition) is 4. The largest absolute Gasteiger partial charge is 0.416 e. The zero-order valence-corrected chi connectivity index (χ0v) is 15.2. The second-order valence-corrected chi connectivity index (χ2v) is 6.72. The highest BCUT2D eigenvalue weighted by Crippen LogP contribution is 2.30. The second-order valence-electron chi connectivity index (χ2n) is 6.72. The van der Waals surface area contributed by atoms with Crippen molar-refractivity contribution >= 4 is 22.6 Å². The molecule has 0 atom stereocenters. The van der Waals surface area contributed by atoms with Crippen LogP contribution in [0, 0.1) is 5.82 Å². The van der Waals surface area contributed by atoms with E-state index in [1.165, 1.54) is 35.5 Å². The highest BCUT2D eigenvalue weighted by Gasteiger charge is 2.32. The summed E-state index contributed by atoms with van der Waals surface area (Å²) >= 11 is 0. The van der Waals surface area contributed by atoms with Gasteiger partial charge >= 0.3 is 6.18 Å². The third-order valence-electron chi connectivity index (χ3n) is 4.88. The number of hydrogen-bond donors (Lipinski definition) is 0. The lowest BCUT2D eigenvalue weighted by molar-refractivity contribution is -0.137. The fraction of sp³-hybridized carbons (Fsp3) is 0.250. The maximum Gasteiger partial charge on any atom is 0.416 e. The predicted octanol–water partition coefficient (Wildman–Crippen LogP) is 3.75. The van der Waals surface area contributed by atoms with Crippen molar-refractivity contribution in [3.05, 3.63) is 65.7 Å². The molecule has 0 saturated carbocycles. The van der Waals surface area contributed by atoms with Gasteiger partial charge in [0.1, 0.15) is 18.0 Å². The van der Waals surface area contributed by atoms with Gasteiger partial charge in [-0.15, -0.1) is 0 Å². The van der Waals surface area contributed by atoms with Gasteiger partial charge < -0.3 is 9.80 Å². The van der Waals surface area contributed by atoms with E-state index in [0.717, 1.165) is 12.1 Å². The molecule has 29 heavy (non-hydrogen) atoms. The Bertz CT molecular complexity index is 1060. The van der Waals surface area contributed by atoms with E-state index in [1.54, 1.807) is 6.07 Å². The molecular weight excluding hydrogens is 388 g/mol. The van der Waals surface area contributed by atoms with Crippen molar-refractivity contribution in [2.45, 2.75) is 6.18 Å². The second kappa shape index (κ2) is 7.31. The summed E-state index contributed by atoms with van der Waals surface area (Å²) in [5.41, 5.74) is -0.238. The molecule has 0 bridgehead atoms. The molecule has 150 valence electrons. The summed E-state index contributed by atoms with van der Waals surface area (Å²) in [6, 6.07) is 8.68. The SMILES string of the molecule is O=C(c1cccc(C(F)(F)F)c1)N1CCN(c2ncnc3ccc(F)cc23)CC1. The minimum absolute atomic E-state index is 0.00262. The molecule has 9 heteroatoms. The number of carbonyl (C=O) groups excluding carboxylic acids is 1. The Hall–Kier alpha value is -3.23. The Labute approximate surface area is 163 Å². The lowest BCUT2D eigenvalue weighted by Crippen LogP contribution is -2.49. The van der Waals surface area contributed by atoms with E-state index in [2.05, 4.69) is 9.97 Å². The topological polar surface area (TPSA) is 49.3 Å². The predicted molar refractivity (Wildman–Crippen MR) is 99.1 cm³/mol. The van der Waals surface area contributed by atoms with Gasteiger partial charge in [-0.3, -0.25) is 4.79 Å². The minimum atomic E-state index is -4.50. The number of nitrogens with zero attached hydrogens (tertiary/aromatic N) is 4. The first-order chi connectivity index (χ1) is 13.8. The quantitative estimate of drug-likeness (QED) is 0.611. The molecule has 0 unspecified atom stereocenters. The summed E-state index contributed by atoms with van der Waals surface area (Å²) in [6.07, 6.45) is -3.10. The van der Waals surface area contributed by atoms with Crippen molar-refractivity contribution in [1.29, 1.82) is 0 Å². The van der Waals surface area contributed by atoms with E-state index in [9.17, 15) is 22.4 Å². The number of halogens is 4. The minimum Gasteiger partial charge on any atom is -0.352 e. The molecule has 1 fully saturated rings. The smallest absolute Gasteiger partial charge is 0.352 e. The molecular formula is C20H16F4N4O. The average Bonchev–Trinajstić information content (AvgIpc) is 2.72. The fourth-order valence-corrected chi connectivity index (χ4v) is 3.40. The lowest BCUT2D eigenvalue weighted by atomic mass is 10.1. The first-order valence-electron chi connectivity index (χ1n) is 8.95. The van der Waals surface area contributed by atoms with Gasteiger partial charge in [-0.1, -0.05) is 6.07 Å². The standard InChI is InChI=1S/C20H16F4N4O/c21-15-4-5-17-16(11-15)18(26-12-25-17)27-6-8-28(9-7-27)19(29)13-2-1-3-14(10-13)20(22,23)24/h1-5,10-12H,6-9H2. The van der Waals surface area contributed by atoms with Crippen LogP contribution in [0.25, 0.3) is 10.9 Å². The van der Waals surface area contributed by atoms with Crippen molar-refractivity contribution in [2.75, 3.05) is 31.1 Å². The van der Waals surface area contributed by atoms with Crippen LogP contribution in [0.1, 0.15) is 15.9 Å². The molecule has 4 rings (SSSR count). The Balaban J connectivity index is 1.50. The van der Waals surface area contributed by atoms with Crippen LogP contribution in [-0.2, 0) is 6.18 Å². The third-order valence-corrected chi connectivity index (χ3v) is 4.88. The van der Waals surface area contributed by atoms with Crippen LogP contribution in [0.5, 0.6) is 0 Å². The van der Waals surface area contributed by atoms with Crippen LogP contribution >= 0.6 is 0 Å². The molecule has 1 aromatic heterocycles. The van der Waals surface area contributed by atoms with Gasteiger partial charge in [-0.25, -0.2) is 14.4 Å². The van der Waals surface area contributed by atoms with Gasteiger partial charge in [-0.05, 0) is 36.4 Å². The van der Waals surface area contributed by atoms with E-state index >= 15 is 0 Å². The van der Waals surface area contributed by atoms with Crippen molar-refractivity contribution in [3.63, 3.8) is 0 Å². The van der Waals surface area contributed by atoms with Crippen molar-refractivity contribution in [3.8, 4) is 0 Å². The van der Waals surface area contributed by atoms with Gasteiger partial charge in [0.05, 0.1) is 11.1 Å². The molecule has 1 aliphatic rings. The highest BCUT2D eigenvalue weighted by atomic mass is 19.4. The third kappa shape index (κ3) is 3.85. The van der Waals surface area contributed by atoms with Crippen molar-refractivity contribution in [2.24, 2.45) is 0 Å². The zero-order valence-electron chi connectivity index (χ0n) is 15.2. The molecule has 2 aromatic carbocycles. The fourth-order valence-electron chi connectivity index (χ4n) is 3.40. The molecule has 5 nitrogen and oxygen atoms in total. The Kier molecular flexibility index (Phi) is 4.81. The molecule has 1 saturated heterocycles. The Morgan fingerprint density at radius 1 is 0.966 bits per heavy atom. The van der Waals surface area contributed by atoms with Crippen LogP contribution in [0.3, 0.4) is 0 Å². The zero-order chi connectivity index (χ0) is 20.6. The van der Waals surface area contributed by atoms with Crippen LogP contribution in [0.2, 0.25) is 0 Å². The average molecular weight is 404 g/mol. The van der Waals surface area contributed by atoms with E-state index in [0.29, 0.717) is 42.9 Å². The lowest BCUT2D eigenvalue weighted by Gasteiger charge is -2.35. The Morgan fingerprint density at radius 3 is 2.45 bits per heavy atom. The maximum atomic E-state index is 13.6. The first kappa shape index (κ1) is 19.1. The Morgan fingerprint density at radius 2 is 1.72 bits per heavy atom. The van der Waals surface area contributed by atoms with Gasteiger partial charge in [0, 0.05) is 37.1 Å². The summed E-state index contributed by atoms with van der Waals surface area (Å²) in [5, 5.41) is 0.574. The summed E-state index contributed by atoms with van der Waals surface area (Å²) < 4.78 is 52.3. The number of piperazine rings is 1. The van der Waals surface area contributed by atoms with Gasteiger partial charge in [0.15, 0.2) is 0 Å². The number of alkyl halides is 3. The number of benzene rings is 2. The molecule has 3 aromatic rings. The molecule has 1 amide bonds. The molecule has 2 heterocycles. The number of anilines is 1. The van der Waals surface area contributed by atoms with E-state index in [1.807, 2.05) is 4.90 Å². The number of fused-ring (bicyclic) bond motifs is 1. The normalized spacial score (nSPS) is 15.0. The van der Waals surface area contributed by atoms with Crippen LogP contribution in [0.15, 0.2) is 48.8 Å². The van der Waals surface area contributed by atoms with Gasteiger partial charge in [0.2, 0.25) is 0 Å². The summed E-state index contributed by atoms with van der Waals surface area (Å²) in [6.45, 7) is 1.48. The first-order valence-corrected chi connectivity index (χ1v) is 8.95. The number of aromatic nitrogens is 2. The number of carbonyl (C=O) groups is 1.